The zero-order valence-corrected chi connectivity index (χ0v) is 14.7. The standard InChI is InChI=1S/C21H15BF3NO2/c23-21(24,25)18-9-5-4-8-17(18)20(27)26-16-11-10-14-13-28-22(19(14)12-16)15-6-2-1-3-7-15/h1-12H,13H2,(H,26,27). The summed E-state index contributed by atoms with van der Waals surface area (Å²) in [7, 11) is 0. The van der Waals surface area contributed by atoms with E-state index in [1.165, 1.54) is 18.2 Å². The van der Waals surface area contributed by atoms with Crippen molar-refractivity contribution < 1.29 is 22.6 Å². The molecule has 3 aromatic carbocycles. The number of fused-ring (bicyclic) bond motifs is 1. The van der Waals surface area contributed by atoms with Crippen LogP contribution in [0.4, 0.5) is 18.9 Å². The highest BCUT2D eigenvalue weighted by atomic mass is 19.4. The third-order valence-electron chi connectivity index (χ3n) is 4.67. The van der Waals surface area contributed by atoms with Gasteiger partial charge in [0.15, 0.2) is 0 Å². The molecular weight excluding hydrogens is 366 g/mol. The average molecular weight is 381 g/mol. The van der Waals surface area contributed by atoms with Gasteiger partial charge in [-0.1, -0.05) is 48.5 Å². The first-order valence-electron chi connectivity index (χ1n) is 8.70. The van der Waals surface area contributed by atoms with E-state index >= 15 is 0 Å². The van der Waals surface area contributed by atoms with Gasteiger partial charge in [-0.3, -0.25) is 4.79 Å². The van der Waals surface area contributed by atoms with Crippen molar-refractivity contribution in [2.24, 2.45) is 0 Å². The minimum Gasteiger partial charge on any atom is -0.423 e. The number of carbonyl (C=O) groups excluding carboxylic acids is 1. The third kappa shape index (κ3) is 3.53. The van der Waals surface area contributed by atoms with Crippen molar-refractivity contribution in [1.29, 1.82) is 0 Å². The van der Waals surface area contributed by atoms with Crippen molar-refractivity contribution >= 4 is 29.4 Å². The molecule has 0 unspecified atom stereocenters. The van der Waals surface area contributed by atoms with Gasteiger partial charge in [0.25, 0.3) is 5.91 Å². The van der Waals surface area contributed by atoms with Crippen LogP contribution in [-0.4, -0.2) is 12.8 Å². The molecule has 28 heavy (non-hydrogen) atoms. The number of hydrogen-bond donors (Lipinski definition) is 1. The van der Waals surface area contributed by atoms with E-state index in [1.807, 2.05) is 36.4 Å². The molecule has 3 nitrogen and oxygen atoms in total. The lowest BCUT2D eigenvalue weighted by Crippen LogP contribution is -2.41. The van der Waals surface area contributed by atoms with Crippen molar-refractivity contribution in [3.63, 3.8) is 0 Å². The van der Waals surface area contributed by atoms with Crippen LogP contribution in [0, 0.1) is 0 Å². The summed E-state index contributed by atoms with van der Waals surface area (Å²) in [6.07, 6.45) is -4.60. The molecule has 0 fully saturated rings. The maximum absolute atomic E-state index is 13.2. The Labute approximate surface area is 160 Å². The lowest BCUT2D eigenvalue weighted by atomic mass is 9.56. The lowest BCUT2D eigenvalue weighted by Gasteiger charge is -2.13. The van der Waals surface area contributed by atoms with Gasteiger partial charge in [0.1, 0.15) is 0 Å². The number of halogens is 3. The van der Waals surface area contributed by atoms with E-state index < -0.39 is 23.2 Å². The van der Waals surface area contributed by atoms with Gasteiger partial charge in [-0.05, 0) is 40.8 Å². The number of carbonyl (C=O) groups is 1. The van der Waals surface area contributed by atoms with Crippen molar-refractivity contribution in [2.45, 2.75) is 12.8 Å². The predicted octanol–water partition coefficient (Wildman–Crippen LogP) is 3.59. The van der Waals surface area contributed by atoms with Gasteiger partial charge >= 0.3 is 13.1 Å². The molecule has 0 atom stereocenters. The number of amides is 1. The number of nitrogens with one attached hydrogen (secondary N) is 1. The third-order valence-corrected chi connectivity index (χ3v) is 4.67. The summed E-state index contributed by atoms with van der Waals surface area (Å²) in [6, 6.07) is 19.6. The molecule has 1 amide bonds. The Morgan fingerprint density at radius 2 is 1.68 bits per heavy atom. The van der Waals surface area contributed by atoms with Gasteiger partial charge in [-0.2, -0.15) is 13.2 Å². The SMILES string of the molecule is O=C(Nc1ccc2c(c1)B(c1ccccc1)OC2)c1ccccc1C(F)(F)F. The second-order valence-electron chi connectivity index (χ2n) is 6.51. The normalized spacial score (nSPS) is 13.3. The predicted molar refractivity (Wildman–Crippen MR) is 102 cm³/mol. The summed E-state index contributed by atoms with van der Waals surface area (Å²) in [5, 5.41) is 2.58. The Morgan fingerprint density at radius 1 is 0.964 bits per heavy atom. The average Bonchev–Trinajstić information content (AvgIpc) is 3.11. The number of anilines is 1. The van der Waals surface area contributed by atoms with E-state index in [2.05, 4.69) is 5.32 Å². The van der Waals surface area contributed by atoms with E-state index in [0.29, 0.717) is 12.3 Å². The molecular formula is C21H15BF3NO2. The van der Waals surface area contributed by atoms with Gasteiger partial charge in [0, 0.05) is 5.69 Å². The van der Waals surface area contributed by atoms with Crippen molar-refractivity contribution in [2.75, 3.05) is 5.32 Å². The molecule has 0 bridgehead atoms. The van der Waals surface area contributed by atoms with E-state index in [1.54, 1.807) is 12.1 Å². The Balaban J connectivity index is 1.62. The van der Waals surface area contributed by atoms with E-state index in [0.717, 1.165) is 22.6 Å². The van der Waals surface area contributed by atoms with Gasteiger partial charge < -0.3 is 9.97 Å². The molecule has 1 N–H and O–H groups in total. The van der Waals surface area contributed by atoms with Crippen LogP contribution < -0.4 is 16.2 Å². The van der Waals surface area contributed by atoms with Crippen LogP contribution in [0.2, 0.25) is 0 Å². The highest BCUT2D eigenvalue weighted by molar-refractivity contribution is 6.81. The molecule has 0 aliphatic carbocycles. The Morgan fingerprint density at radius 3 is 2.43 bits per heavy atom. The maximum Gasteiger partial charge on any atom is 0.417 e. The topological polar surface area (TPSA) is 38.3 Å². The Bertz CT molecular complexity index is 1020. The molecule has 140 valence electrons. The molecule has 0 radical (unpaired) electrons. The van der Waals surface area contributed by atoms with Gasteiger partial charge in [0.2, 0.25) is 0 Å². The summed E-state index contributed by atoms with van der Waals surface area (Å²) in [6.45, 7) is 0.176. The molecule has 1 aliphatic rings. The molecule has 1 aliphatic heterocycles. The fourth-order valence-electron chi connectivity index (χ4n) is 3.34. The highest BCUT2D eigenvalue weighted by Gasteiger charge is 2.35. The Hall–Kier alpha value is -3.06. The zero-order chi connectivity index (χ0) is 19.7. The number of rotatable bonds is 3. The van der Waals surface area contributed by atoms with Crippen molar-refractivity contribution in [1.82, 2.24) is 0 Å². The van der Waals surface area contributed by atoms with E-state index in [4.69, 9.17) is 4.65 Å². The summed E-state index contributed by atoms with van der Waals surface area (Å²) in [5.74, 6) is -0.803. The number of alkyl halides is 3. The molecule has 0 spiro atoms. The van der Waals surface area contributed by atoms with Crippen LogP contribution in [0.5, 0.6) is 0 Å². The molecule has 0 saturated carbocycles. The second kappa shape index (κ2) is 7.17. The van der Waals surface area contributed by atoms with Crippen LogP contribution in [0.3, 0.4) is 0 Å². The van der Waals surface area contributed by atoms with Crippen molar-refractivity contribution in [3.05, 3.63) is 89.5 Å². The summed E-state index contributed by atoms with van der Waals surface area (Å²) in [4.78, 5) is 12.5. The molecule has 0 aromatic heterocycles. The number of hydrogen-bond acceptors (Lipinski definition) is 2. The monoisotopic (exact) mass is 381 g/mol. The second-order valence-corrected chi connectivity index (χ2v) is 6.51. The van der Waals surface area contributed by atoms with Crippen LogP contribution >= 0.6 is 0 Å². The van der Waals surface area contributed by atoms with Crippen LogP contribution in [0.15, 0.2) is 72.8 Å². The minimum atomic E-state index is -4.60. The lowest BCUT2D eigenvalue weighted by molar-refractivity contribution is -0.137. The molecule has 3 aromatic rings. The summed E-state index contributed by atoms with van der Waals surface area (Å²) < 4.78 is 45.4. The van der Waals surface area contributed by atoms with Gasteiger partial charge in [-0.25, -0.2) is 0 Å². The van der Waals surface area contributed by atoms with Gasteiger partial charge in [0.05, 0.1) is 17.7 Å². The fraction of sp³-hybridized carbons (Fsp3) is 0.0952. The first-order chi connectivity index (χ1) is 13.4. The quantitative estimate of drug-likeness (QED) is 0.705. The first kappa shape index (κ1) is 18.3. The highest BCUT2D eigenvalue weighted by Crippen LogP contribution is 2.32. The maximum atomic E-state index is 13.2. The van der Waals surface area contributed by atoms with Crippen LogP contribution in [-0.2, 0) is 17.4 Å². The smallest absolute Gasteiger partial charge is 0.417 e. The summed E-state index contributed by atoms with van der Waals surface area (Å²) in [5.41, 5.74) is 1.92. The molecule has 4 rings (SSSR count). The molecule has 1 heterocycles. The number of benzene rings is 3. The summed E-state index contributed by atoms with van der Waals surface area (Å²) >= 11 is 0. The zero-order valence-electron chi connectivity index (χ0n) is 14.7. The van der Waals surface area contributed by atoms with E-state index in [-0.39, 0.29) is 6.92 Å². The largest absolute Gasteiger partial charge is 0.423 e. The minimum absolute atomic E-state index is 0.268. The Kier molecular flexibility index (Phi) is 4.69. The van der Waals surface area contributed by atoms with E-state index in [9.17, 15) is 18.0 Å². The first-order valence-corrected chi connectivity index (χ1v) is 8.70. The fourth-order valence-corrected chi connectivity index (χ4v) is 3.34. The van der Waals surface area contributed by atoms with Crippen LogP contribution in [0.25, 0.3) is 0 Å². The molecule has 7 heteroatoms. The molecule has 0 saturated heterocycles. The van der Waals surface area contributed by atoms with Gasteiger partial charge in [-0.15, -0.1) is 0 Å². The van der Waals surface area contributed by atoms with Crippen LogP contribution in [0.1, 0.15) is 21.5 Å². The van der Waals surface area contributed by atoms with Crippen molar-refractivity contribution in [3.8, 4) is 0 Å².